The van der Waals surface area contributed by atoms with Crippen LogP contribution >= 0.6 is 22.6 Å². The van der Waals surface area contributed by atoms with Gasteiger partial charge in [-0.25, -0.2) is 9.97 Å². The third-order valence-corrected chi connectivity index (χ3v) is 1.70. The summed E-state index contributed by atoms with van der Waals surface area (Å²) in [4.78, 5) is 7.92. The van der Waals surface area contributed by atoms with Crippen molar-refractivity contribution in [3.05, 3.63) is 12.0 Å². The molecule has 1 aromatic heterocycles. The van der Waals surface area contributed by atoms with Crippen LogP contribution in [0.2, 0.25) is 0 Å². The number of nitrogens with one attached hydrogen (secondary N) is 1. The zero-order valence-electron chi connectivity index (χ0n) is 6.13. The van der Waals surface area contributed by atoms with Crippen LogP contribution in [0.5, 0.6) is 0 Å². The first-order chi connectivity index (χ1) is 5.25. The van der Waals surface area contributed by atoms with Crippen LogP contribution in [0.4, 0.5) is 11.5 Å². The highest BCUT2D eigenvalue weighted by Gasteiger charge is 2.01. The highest BCUT2D eigenvalue weighted by molar-refractivity contribution is 14.1. The standard InChI is InChI=1S/C6H9IN4/c1-4-5(8)6(9-2-7)11-3-10-4/h3H,2,8H2,1H3,(H,9,10,11). The molecule has 4 nitrogen and oxygen atoms in total. The fraction of sp³-hybridized carbons (Fsp3) is 0.333. The molecule has 0 unspecified atom stereocenters. The zero-order chi connectivity index (χ0) is 8.27. The van der Waals surface area contributed by atoms with Gasteiger partial charge in [-0.15, -0.1) is 0 Å². The predicted octanol–water partition coefficient (Wildman–Crippen LogP) is 1.17. The van der Waals surface area contributed by atoms with Crippen molar-refractivity contribution in [1.29, 1.82) is 0 Å². The molecule has 1 heterocycles. The number of alkyl halides is 1. The SMILES string of the molecule is Cc1ncnc(NCI)c1N. The molecule has 0 spiro atoms. The molecule has 0 aromatic carbocycles. The summed E-state index contributed by atoms with van der Waals surface area (Å²) in [5.74, 6) is 0.715. The Labute approximate surface area is 78.8 Å². The van der Waals surface area contributed by atoms with Crippen molar-refractivity contribution in [3.63, 3.8) is 0 Å². The molecule has 0 radical (unpaired) electrons. The number of halogens is 1. The van der Waals surface area contributed by atoms with Crippen LogP contribution in [-0.4, -0.2) is 14.5 Å². The molecular weight excluding hydrogens is 255 g/mol. The Hall–Kier alpha value is -0.590. The molecule has 3 N–H and O–H groups in total. The van der Waals surface area contributed by atoms with Gasteiger partial charge in [0, 0.05) is 0 Å². The lowest BCUT2D eigenvalue weighted by atomic mass is 10.3. The Kier molecular flexibility index (Phi) is 2.86. The van der Waals surface area contributed by atoms with Gasteiger partial charge in [0.2, 0.25) is 0 Å². The number of hydrogen-bond donors (Lipinski definition) is 2. The lowest BCUT2D eigenvalue weighted by Gasteiger charge is -2.05. The average Bonchev–Trinajstić information content (AvgIpc) is 1.99. The summed E-state index contributed by atoms with van der Waals surface area (Å²) in [7, 11) is 0. The molecule has 0 aliphatic rings. The quantitative estimate of drug-likeness (QED) is 0.478. The molecule has 1 rings (SSSR count). The van der Waals surface area contributed by atoms with Crippen LogP contribution in [0.3, 0.4) is 0 Å². The second-order valence-corrected chi connectivity index (χ2v) is 2.79. The molecule has 0 amide bonds. The molecule has 0 fully saturated rings. The second-order valence-electron chi connectivity index (χ2n) is 2.03. The predicted molar refractivity (Wildman–Crippen MR) is 53.7 cm³/mol. The van der Waals surface area contributed by atoms with Gasteiger partial charge in [0.25, 0.3) is 0 Å². The van der Waals surface area contributed by atoms with Gasteiger partial charge < -0.3 is 11.1 Å². The molecule has 0 aliphatic heterocycles. The van der Waals surface area contributed by atoms with Crippen LogP contribution in [0, 0.1) is 6.92 Å². The summed E-state index contributed by atoms with van der Waals surface area (Å²) in [5, 5.41) is 3.03. The minimum atomic E-state index is 0.629. The van der Waals surface area contributed by atoms with Crippen molar-refractivity contribution in [2.75, 3.05) is 15.6 Å². The second kappa shape index (κ2) is 3.70. The number of nitrogen functional groups attached to an aromatic ring is 1. The van der Waals surface area contributed by atoms with Crippen molar-refractivity contribution in [1.82, 2.24) is 9.97 Å². The summed E-state index contributed by atoms with van der Waals surface area (Å²) in [6.45, 7) is 1.86. The summed E-state index contributed by atoms with van der Waals surface area (Å²) in [5.41, 5.74) is 7.12. The van der Waals surface area contributed by atoms with E-state index in [-0.39, 0.29) is 0 Å². The van der Waals surface area contributed by atoms with Gasteiger partial charge in [-0.3, -0.25) is 0 Å². The molecule has 60 valence electrons. The third kappa shape index (κ3) is 1.92. The lowest BCUT2D eigenvalue weighted by molar-refractivity contribution is 1.10. The molecule has 5 heteroatoms. The van der Waals surface area contributed by atoms with Crippen molar-refractivity contribution in [2.45, 2.75) is 6.92 Å². The fourth-order valence-electron chi connectivity index (χ4n) is 0.688. The number of aryl methyl sites for hydroxylation is 1. The van der Waals surface area contributed by atoms with Gasteiger partial charge in [0.15, 0.2) is 5.82 Å². The Balaban J connectivity index is 2.96. The van der Waals surface area contributed by atoms with E-state index in [4.69, 9.17) is 5.73 Å². The topological polar surface area (TPSA) is 63.8 Å². The van der Waals surface area contributed by atoms with Crippen LogP contribution in [-0.2, 0) is 0 Å². The Morgan fingerprint density at radius 1 is 1.64 bits per heavy atom. The van der Waals surface area contributed by atoms with Crippen molar-refractivity contribution in [2.24, 2.45) is 0 Å². The number of nitrogens with zero attached hydrogens (tertiary/aromatic N) is 2. The van der Waals surface area contributed by atoms with Gasteiger partial charge >= 0.3 is 0 Å². The molecule has 0 saturated heterocycles. The maximum atomic E-state index is 5.68. The molecule has 1 aromatic rings. The van der Waals surface area contributed by atoms with E-state index in [9.17, 15) is 0 Å². The molecule has 11 heavy (non-hydrogen) atoms. The number of aromatic nitrogens is 2. The Morgan fingerprint density at radius 3 is 3.00 bits per heavy atom. The third-order valence-electron chi connectivity index (χ3n) is 1.32. The van der Waals surface area contributed by atoms with Crippen LogP contribution in [0.1, 0.15) is 5.69 Å². The van der Waals surface area contributed by atoms with E-state index < -0.39 is 0 Å². The fourth-order valence-corrected chi connectivity index (χ4v) is 1.05. The number of anilines is 2. The van der Waals surface area contributed by atoms with E-state index in [2.05, 4.69) is 37.9 Å². The summed E-state index contributed by atoms with van der Waals surface area (Å²) in [6, 6.07) is 0. The highest BCUT2D eigenvalue weighted by Crippen LogP contribution is 2.16. The summed E-state index contributed by atoms with van der Waals surface area (Å²) >= 11 is 2.19. The highest BCUT2D eigenvalue weighted by atomic mass is 127. The lowest BCUT2D eigenvalue weighted by Crippen LogP contribution is -2.04. The maximum absolute atomic E-state index is 5.68. The first-order valence-corrected chi connectivity index (χ1v) is 4.65. The Bertz CT molecular complexity index is 250. The first kappa shape index (κ1) is 8.51. The summed E-state index contributed by atoms with van der Waals surface area (Å²) in [6.07, 6.45) is 1.50. The van der Waals surface area contributed by atoms with Gasteiger partial charge in [-0.05, 0) is 6.92 Å². The molecule has 0 bridgehead atoms. The van der Waals surface area contributed by atoms with E-state index >= 15 is 0 Å². The normalized spacial score (nSPS) is 9.64. The van der Waals surface area contributed by atoms with E-state index in [1.807, 2.05) is 6.92 Å². The molecule has 0 saturated carbocycles. The molecular formula is C6H9IN4. The average molecular weight is 264 g/mol. The van der Waals surface area contributed by atoms with Crippen molar-refractivity contribution >= 4 is 34.1 Å². The van der Waals surface area contributed by atoms with Crippen LogP contribution < -0.4 is 11.1 Å². The number of hydrogen-bond acceptors (Lipinski definition) is 4. The van der Waals surface area contributed by atoms with Crippen molar-refractivity contribution in [3.8, 4) is 0 Å². The van der Waals surface area contributed by atoms with Gasteiger partial charge in [0.05, 0.1) is 15.9 Å². The number of nitrogens with two attached hydrogens (primary N) is 1. The van der Waals surface area contributed by atoms with E-state index in [1.54, 1.807) is 0 Å². The van der Waals surface area contributed by atoms with Gasteiger partial charge in [0.1, 0.15) is 6.33 Å². The minimum absolute atomic E-state index is 0.629. The van der Waals surface area contributed by atoms with E-state index in [0.717, 1.165) is 10.2 Å². The van der Waals surface area contributed by atoms with Crippen LogP contribution in [0.25, 0.3) is 0 Å². The van der Waals surface area contributed by atoms with Crippen LogP contribution in [0.15, 0.2) is 6.33 Å². The van der Waals surface area contributed by atoms with E-state index in [0.29, 0.717) is 11.5 Å². The maximum Gasteiger partial charge on any atom is 0.153 e. The van der Waals surface area contributed by atoms with Gasteiger partial charge in [-0.1, -0.05) is 22.6 Å². The monoisotopic (exact) mass is 264 g/mol. The number of rotatable bonds is 2. The molecule has 0 aliphatic carbocycles. The zero-order valence-corrected chi connectivity index (χ0v) is 8.29. The molecule has 0 atom stereocenters. The van der Waals surface area contributed by atoms with E-state index in [1.165, 1.54) is 6.33 Å². The first-order valence-electron chi connectivity index (χ1n) is 3.12. The van der Waals surface area contributed by atoms with Gasteiger partial charge in [-0.2, -0.15) is 0 Å². The minimum Gasteiger partial charge on any atom is -0.394 e. The summed E-state index contributed by atoms with van der Waals surface area (Å²) < 4.78 is 0.790. The smallest absolute Gasteiger partial charge is 0.153 e. The largest absolute Gasteiger partial charge is 0.394 e. The van der Waals surface area contributed by atoms with Crippen molar-refractivity contribution < 1.29 is 0 Å². The Morgan fingerprint density at radius 2 is 2.36 bits per heavy atom.